The molecular formula is C51H32N4O2. The molecule has 0 bridgehead atoms. The molecule has 0 fully saturated rings. The first-order valence-electron chi connectivity index (χ1n) is 19.3. The monoisotopic (exact) mass is 732 g/mol. The molecule has 0 N–H and O–H groups in total. The van der Waals surface area contributed by atoms with Gasteiger partial charge in [0.25, 0.3) is 0 Å². The molecule has 6 nitrogen and oxygen atoms in total. The minimum Gasteiger partial charge on any atom is -0.484 e. The first-order chi connectivity index (χ1) is 28.2. The molecule has 7 aromatic carbocycles. The molecule has 6 heteroatoms. The number of fused-ring (bicyclic) bond motifs is 10. The van der Waals surface area contributed by atoms with Crippen molar-refractivity contribution in [2.45, 2.75) is 12.0 Å². The van der Waals surface area contributed by atoms with E-state index >= 15 is 0 Å². The zero-order valence-corrected chi connectivity index (χ0v) is 30.6. The third-order valence-electron chi connectivity index (χ3n) is 11.5. The van der Waals surface area contributed by atoms with Gasteiger partial charge in [-0.3, -0.25) is 0 Å². The van der Waals surface area contributed by atoms with Crippen LogP contribution in [0, 0.1) is 0 Å². The Kier molecular flexibility index (Phi) is 6.95. The van der Waals surface area contributed by atoms with Gasteiger partial charge in [0.05, 0.1) is 16.8 Å². The Hall–Kier alpha value is -7.57. The third kappa shape index (κ3) is 5.00. The average Bonchev–Trinajstić information content (AvgIpc) is 3.96. The van der Waals surface area contributed by atoms with Gasteiger partial charge in [-0.25, -0.2) is 15.0 Å². The number of aromatic nitrogens is 4. The second-order valence-electron chi connectivity index (χ2n) is 14.7. The van der Waals surface area contributed by atoms with Gasteiger partial charge in [-0.05, 0) is 59.7 Å². The van der Waals surface area contributed by atoms with E-state index in [-0.39, 0.29) is 12.0 Å². The predicted octanol–water partition coefficient (Wildman–Crippen LogP) is 12.6. The Morgan fingerprint density at radius 1 is 0.491 bits per heavy atom. The van der Waals surface area contributed by atoms with E-state index in [1.54, 1.807) is 0 Å². The van der Waals surface area contributed by atoms with Crippen molar-refractivity contribution in [3.8, 4) is 56.7 Å². The second-order valence-corrected chi connectivity index (χ2v) is 14.7. The number of para-hydroxylation sites is 3. The summed E-state index contributed by atoms with van der Waals surface area (Å²) in [6, 6.07) is 58.7. The molecule has 1 aliphatic carbocycles. The van der Waals surface area contributed by atoms with Crippen LogP contribution in [0.2, 0.25) is 0 Å². The summed E-state index contributed by atoms with van der Waals surface area (Å²) in [5.41, 5.74) is 12.3. The van der Waals surface area contributed by atoms with Gasteiger partial charge in [0.2, 0.25) is 0 Å². The van der Waals surface area contributed by atoms with E-state index in [2.05, 4.69) is 132 Å². The van der Waals surface area contributed by atoms with Crippen molar-refractivity contribution >= 4 is 38.9 Å². The summed E-state index contributed by atoms with van der Waals surface area (Å²) in [7, 11) is 0. The lowest BCUT2D eigenvalue weighted by molar-refractivity contribution is 0.225. The molecule has 2 unspecified atom stereocenters. The highest BCUT2D eigenvalue weighted by atomic mass is 16.5. The number of furan rings is 1. The van der Waals surface area contributed by atoms with Gasteiger partial charge in [0.1, 0.15) is 23.0 Å². The molecule has 57 heavy (non-hydrogen) atoms. The highest BCUT2D eigenvalue weighted by Gasteiger charge is 2.41. The molecule has 12 rings (SSSR count). The highest BCUT2D eigenvalue weighted by Crippen LogP contribution is 2.55. The summed E-state index contributed by atoms with van der Waals surface area (Å²) in [4.78, 5) is 15.3. The number of ether oxygens (including phenoxy) is 1. The van der Waals surface area contributed by atoms with Crippen molar-refractivity contribution in [1.29, 1.82) is 0 Å². The minimum absolute atomic E-state index is 0.0255. The van der Waals surface area contributed by atoms with Crippen LogP contribution in [0.25, 0.3) is 89.9 Å². The average molecular weight is 733 g/mol. The number of hydrogen-bond donors (Lipinski definition) is 0. The Balaban J connectivity index is 0.976. The normalized spacial score (nSPS) is 15.4. The van der Waals surface area contributed by atoms with Gasteiger partial charge < -0.3 is 13.7 Å². The van der Waals surface area contributed by atoms with E-state index in [1.807, 2.05) is 54.6 Å². The van der Waals surface area contributed by atoms with Crippen molar-refractivity contribution in [3.05, 3.63) is 193 Å². The number of hydrogen-bond acceptors (Lipinski definition) is 5. The summed E-state index contributed by atoms with van der Waals surface area (Å²) in [5, 5.41) is 3.32. The van der Waals surface area contributed by atoms with Crippen LogP contribution < -0.4 is 4.74 Å². The van der Waals surface area contributed by atoms with Crippen LogP contribution in [-0.2, 0) is 0 Å². The number of nitrogens with zero attached hydrogens (tertiary/aromatic N) is 4. The van der Waals surface area contributed by atoms with Gasteiger partial charge >= 0.3 is 0 Å². The molecule has 0 saturated carbocycles. The first-order valence-corrected chi connectivity index (χ1v) is 19.3. The Morgan fingerprint density at radius 3 is 1.96 bits per heavy atom. The Bertz CT molecular complexity index is 3220. The van der Waals surface area contributed by atoms with Gasteiger partial charge in [-0.1, -0.05) is 133 Å². The molecule has 268 valence electrons. The van der Waals surface area contributed by atoms with Crippen LogP contribution in [0.5, 0.6) is 5.75 Å². The van der Waals surface area contributed by atoms with Crippen molar-refractivity contribution in [1.82, 2.24) is 19.5 Å². The summed E-state index contributed by atoms with van der Waals surface area (Å²) in [6.45, 7) is 0. The fraction of sp³-hybridized carbons (Fsp3) is 0.0392. The van der Waals surface area contributed by atoms with Gasteiger partial charge in [-0.15, -0.1) is 0 Å². The van der Waals surface area contributed by atoms with Crippen LogP contribution in [0.1, 0.15) is 28.8 Å². The lowest BCUT2D eigenvalue weighted by Gasteiger charge is -2.22. The number of benzene rings is 7. The molecule has 0 saturated heterocycles. The molecule has 0 spiro atoms. The van der Waals surface area contributed by atoms with Gasteiger partial charge in [0, 0.05) is 50.0 Å². The SMILES string of the molecule is C1=CC2c3cccc(-c4nc(-c5ccccc5)nc(-c5ccc6c(c5)oc5ccccc56)n4)c3OC2c2c1n(-c1ccc(-c3ccccc3)cc1)c1ccccc21. The summed E-state index contributed by atoms with van der Waals surface area (Å²) in [5.74, 6) is 2.55. The lowest BCUT2D eigenvalue weighted by atomic mass is 9.85. The summed E-state index contributed by atoms with van der Waals surface area (Å²) < 4.78 is 15.8. The maximum Gasteiger partial charge on any atom is 0.167 e. The van der Waals surface area contributed by atoms with E-state index in [1.165, 1.54) is 22.1 Å². The molecule has 2 aliphatic rings. The molecule has 0 amide bonds. The molecule has 1 aliphatic heterocycles. The minimum atomic E-state index is -0.221. The molecule has 2 atom stereocenters. The fourth-order valence-corrected chi connectivity index (χ4v) is 8.79. The van der Waals surface area contributed by atoms with Gasteiger partial charge in [0.15, 0.2) is 17.5 Å². The lowest BCUT2D eigenvalue weighted by Crippen LogP contribution is -2.13. The standard InChI is InChI=1S/C51H32N4O2/c1-3-12-31(13-4-1)32-22-25-35(26-23-32)55-42-20-9-7-17-40(42)46-43(55)29-28-39-38-18-11-19-41(47(38)57-48(39)46)51-53-49(33-14-5-2-6-15-33)52-50(54-51)34-24-27-37-36-16-8-10-21-44(36)56-45(37)30-34/h1-30,39,48H. The molecule has 4 heterocycles. The van der Waals surface area contributed by atoms with Crippen LogP contribution >= 0.6 is 0 Å². The summed E-state index contributed by atoms with van der Waals surface area (Å²) >= 11 is 0. The largest absolute Gasteiger partial charge is 0.484 e. The molecule has 3 aromatic heterocycles. The summed E-state index contributed by atoms with van der Waals surface area (Å²) in [6.07, 6.45) is 4.35. The molecular weight excluding hydrogens is 701 g/mol. The highest BCUT2D eigenvalue weighted by molar-refractivity contribution is 6.05. The van der Waals surface area contributed by atoms with Crippen molar-refractivity contribution in [2.24, 2.45) is 0 Å². The molecule has 10 aromatic rings. The van der Waals surface area contributed by atoms with E-state index in [0.29, 0.717) is 17.5 Å². The fourth-order valence-electron chi connectivity index (χ4n) is 8.79. The van der Waals surface area contributed by atoms with E-state index in [4.69, 9.17) is 24.1 Å². The first kappa shape index (κ1) is 31.7. The maximum atomic E-state index is 7.16. The van der Waals surface area contributed by atoms with Crippen molar-refractivity contribution in [3.63, 3.8) is 0 Å². The quantitative estimate of drug-likeness (QED) is 0.176. The number of rotatable bonds is 5. The predicted molar refractivity (Wildman–Crippen MR) is 227 cm³/mol. The Labute approximate surface area is 328 Å². The topological polar surface area (TPSA) is 66.0 Å². The van der Waals surface area contributed by atoms with Gasteiger partial charge in [-0.2, -0.15) is 0 Å². The second kappa shape index (κ2) is 12.5. The van der Waals surface area contributed by atoms with Crippen LogP contribution in [-0.4, -0.2) is 19.5 Å². The zero-order chi connectivity index (χ0) is 37.5. The Morgan fingerprint density at radius 2 is 1.14 bits per heavy atom. The zero-order valence-electron chi connectivity index (χ0n) is 30.6. The maximum absolute atomic E-state index is 7.16. The smallest absolute Gasteiger partial charge is 0.167 e. The van der Waals surface area contributed by atoms with Crippen LogP contribution in [0.4, 0.5) is 0 Å². The van der Waals surface area contributed by atoms with Crippen LogP contribution in [0.3, 0.4) is 0 Å². The van der Waals surface area contributed by atoms with Crippen LogP contribution in [0.15, 0.2) is 180 Å². The van der Waals surface area contributed by atoms with E-state index < -0.39 is 0 Å². The van der Waals surface area contributed by atoms with Crippen molar-refractivity contribution in [2.75, 3.05) is 0 Å². The van der Waals surface area contributed by atoms with E-state index in [0.717, 1.165) is 66.8 Å². The third-order valence-corrected chi connectivity index (χ3v) is 11.5. The van der Waals surface area contributed by atoms with E-state index in [9.17, 15) is 0 Å². The molecule has 0 radical (unpaired) electrons. The van der Waals surface area contributed by atoms with Crippen molar-refractivity contribution < 1.29 is 9.15 Å².